The number of hydrogen-bond acceptors (Lipinski definition) is 25. The summed E-state index contributed by atoms with van der Waals surface area (Å²) in [5, 5.41) is 43.9. The van der Waals surface area contributed by atoms with Crippen LogP contribution in [0.25, 0.3) is 223 Å². The normalized spacial score (nSPS) is 11.3. The third kappa shape index (κ3) is 18.7. The lowest BCUT2D eigenvalue weighted by atomic mass is 10.1. The van der Waals surface area contributed by atoms with Gasteiger partial charge in [-0.15, -0.1) is 0 Å². The highest BCUT2D eigenvalue weighted by atomic mass is 19.1. The molecule has 0 saturated carbocycles. The van der Waals surface area contributed by atoms with Gasteiger partial charge < -0.3 is 41.2 Å². The fourth-order valence-electron chi connectivity index (χ4n) is 16.1. The number of carbonyl (C=O) groups is 4. The van der Waals surface area contributed by atoms with Gasteiger partial charge in [-0.3, -0.25) is 84.4 Å². The molecule has 21 aromatic heterocycles. The van der Waals surface area contributed by atoms with E-state index in [1.54, 1.807) is 200 Å². The minimum Gasteiger partial charge on any atom is -0.335 e. The van der Waals surface area contributed by atoms with Crippen LogP contribution in [0.1, 0.15) is 53.4 Å². The minimum absolute atomic E-state index is 0.0693. The number of hydrogen-bond donors (Lipinski definition) is 12. The summed E-state index contributed by atoms with van der Waals surface area (Å²) in [5.74, 6) is 0.983. The number of carbonyl (C=O) groups excluding carboxylic acids is 4. The molecule has 0 aliphatic rings. The van der Waals surface area contributed by atoms with Gasteiger partial charge in [-0.1, -0.05) is 70.2 Å². The van der Waals surface area contributed by atoms with E-state index in [1.807, 2.05) is 66.7 Å². The maximum atomic E-state index is 14.5. The van der Waals surface area contributed by atoms with E-state index in [2.05, 4.69) is 147 Å². The Hall–Kier alpha value is -20.0. The van der Waals surface area contributed by atoms with Crippen LogP contribution in [0.15, 0.2) is 270 Å². The van der Waals surface area contributed by atoms with E-state index in [1.165, 1.54) is 30.3 Å². The van der Waals surface area contributed by atoms with E-state index < -0.39 is 0 Å². The number of fused-ring (bicyclic) bond motifs is 8. The maximum Gasteiger partial charge on any atom is 0.224 e. The maximum absolute atomic E-state index is 14.5. The van der Waals surface area contributed by atoms with Crippen LogP contribution >= 0.6 is 0 Å². The van der Waals surface area contributed by atoms with Gasteiger partial charge in [0.1, 0.15) is 45.7 Å². The second kappa shape index (κ2) is 39.0. The Morgan fingerprint density at radius 1 is 0.266 bits per heavy atom. The van der Waals surface area contributed by atoms with Gasteiger partial charge in [-0.25, -0.2) is 53.0 Å². The molecule has 0 radical (unpaired) electrons. The lowest BCUT2D eigenvalue weighted by Gasteiger charge is -2.06. The van der Waals surface area contributed by atoms with E-state index in [4.69, 9.17) is 19.9 Å². The predicted molar refractivity (Wildman–Crippen MR) is 535 cm³/mol. The first-order valence-corrected chi connectivity index (χ1v) is 44.9. The molecule has 0 aliphatic carbocycles. The van der Waals surface area contributed by atoms with Crippen molar-refractivity contribution < 1.29 is 32.3 Å². The van der Waals surface area contributed by atoms with Gasteiger partial charge >= 0.3 is 0 Å². The Morgan fingerprint density at radius 3 is 0.909 bits per heavy atom. The van der Waals surface area contributed by atoms with Crippen LogP contribution in [0, 0.1) is 17.5 Å². The lowest BCUT2D eigenvalue weighted by molar-refractivity contribution is -0.116. The summed E-state index contributed by atoms with van der Waals surface area (Å²) in [6.45, 7) is 7.18. The highest BCUT2D eigenvalue weighted by molar-refractivity contribution is 6.04. The number of nitrogens with one attached hydrogen (secondary N) is 12. The Kier molecular flexibility index (Phi) is 24.4. The van der Waals surface area contributed by atoms with Crippen LogP contribution < -0.4 is 21.3 Å². The summed E-state index contributed by atoms with van der Waals surface area (Å²) in [7, 11) is 0. The van der Waals surface area contributed by atoms with Gasteiger partial charge in [-0.2, -0.15) is 20.4 Å². The molecule has 0 atom stereocenters. The molecule has 4 amide bonds. The molecule has 0 fully saturated rings. The topological polar surface area (TPSA) is 513 Å². The Morgan fingerprint density at radius 2 is 0.573 bits per heavy atom. The first kappa shape index (κ1) is 89.6. The Bertz CT molecular complexity index is 9000. The lowest BCUT2D eigenvalue weighted by Crippen LogP contribution is -2.09. The molecule has 40 heteroatoms. The van der Waals surface area contributed by atoms with Crippen LogP contribution in [-0.2, 0) is 19.2 Å². The smallest absolute Gasteiger partial charge is 0.224 e. The van der Waals surface area contributed by atoms with Crippen molar-refractivity contribution in [3.8, 4) is 135 Å². The molecule has 21 heterocycles. The summed E-state index contributed by atoms with van der Waals surface area (Å²) >= 11 is 0. The number of aromatic nitrogens is 29. The third-order valence-electron chi connectivity index (χ3n) is 23.3. The Balaban J connectivity index is 0.000000113. The fraction of sp³-hybridized carbons (Fsp3) is 0.0777. The molecule has 0 aliphatic heterocycles. The van der Waals surface area contributed by atoms with Crippen LogP contribution in [0.5, 0.6) is 0 Å². The predicted octanol–water partition coefficient (Wildman–Crippen LogP) is 19.7. The second-order valence-electron chi connectivity index (χ2n) is 32.6. The fourth-order valence-corrected chi connectivity index (χ4v) is 16.1. The summed E-state index contributed by atoms with van der Waals surface area (Å²) < 4.78 is 41.8. The minimum atomic E-state index is -0.344. The monoisotopic (exact) mass is 1900 g/mol. The van der Waals surface area contributed by atoms with Crippen molar-refractivity contribution in [3.05, 3.63) is 287 Å². The van der Waals surface area contributed by atoms with Crippen LogP contribution in [0.4, 0.5) is 35.9 Å². The standard InChI is InChI=1S/3C26H19FN8O.C25H19N9O/c1-2-22(36)31-18-7-15(9-28-11-18)16-8-19-24(34-35-25(19)30-10-16)26-32-21-13-29-12-20(23(21)33-26)14-3-5-17(27)6-4-14;1-2-22(36)31-18-7-15(9-28-11-18)16-8-19-24(34-35-25(19)30-10-16)26-32-21-13-29-12-20(23(21)33-26)14-4-3-5-17(27)6-14;1-2-22(36)31-16-7-14(9-28-11-16)15-8-18-24(34-35-25(18)30-10-15)26-32-21-13-29-12-19(23(21)33-26)17-5-3-4-6-20(17)27;1-2-21(35)30-17-7-15(9-27-11-17)16-8-18-23(33-34-24(18)29-10-16)25-31-20-13-28-12-19(22(20)32-25)14-3-5-26-6-4-14/h3*3-13H,2H2,1H3,(H,31,36)(H,32,33)(H,30,34,35);3-13H,2H2,1H3,(H,30,35)(H,31,32)(H,29,33,34). The highest BCUT2D eigenvalue weighted by Crippen LogP contribution is 2.40. The number of anilines is 4. The number of aromatic amines is 8. The molecule has 698 valence electrons. The van der Waals surface area contributed by atoms with Crippen molar-refractivity contribution in [1.82, 2.24) is 145 Å². The first-order valence-electron chi connectivity index (χ1n) is 44.9. The summed E-state index contributed by atoms with van der Waals surface area (Å²) in [6.07, 6.45) is 38.7. The summed E-state index contributed by atoms with van der Waals surface area (Å²) in [6, 6.07) is 38.2. The number of halogens is 3. The molecule has 0 unspecified atom stereocenters. The van der Waals surface area contributed by atoms with Gasteiger partial charge in [0.2, 0.25) is 23.6 Å². The van der Waals surface area contributed by atoms with Crippen molar-refractivity contribution >= 4 is 135 Å². The molecule has 3 aromatic carbocycles. The van der Waals surface area contributed by atoms with Crippen LogP contribution in [-0.4, -0.2) is 169 Å². The zero-order valence-electron chi connectivity index (χ0n) is 75.9. The molecule has 0 saturated heterocycles. The summed E-state index contributed by atoms with van der Waals surface area (Å²) in [4.78, 5) is 136. The van der Waals surface area contributed by atoms with Crippen molar-refractivity contribution in [2.45, 2.75) is 53.4 Å². The number of pyridine rings is 13. The van der Waals surface area contributed by atoms with Gasteiger partial charge in [0.25, 0.3) is 0 Å². The quantitative estimate of drug-likeness (QED) is 0.0337. The van der Waals surface area contributed by atoms with Gasteiger partial charge in [0, 0.05) is 185 Å². The average Bonchev–Trinajstić information content (AvgIpc) is 1.63. The number of rotatable bonds is 20. The van der Waals surface area contributed by atoms with Crippen molar-refractivity contribution in [2.24, 2.45) is 0 Å². The second-order valence-corrected chi connectivity index (χ2v) is 32.6. The van der Waals surface area contributed by atoms with E-state index in [-0.39, 0.29) is 41.1 Å². The number of nitrogens with zero attached hydrogens (tertiary/aromatic N) is 21. The molecule has 24 aromatic rings. The van der Waals surface area contributed by atoms with Crippen LogP contribution in [0.3, 0.4) is 0 Å². The van der Waals surface area contributed by atoms with Crippen molar-refractivity contribution in [2.75, 3.05) is 21.3 Å². The molecule has 12 N–H and O–H groups in total. The molecule has 37 nitrogen and oxygen atoms in total. The number of imidazole rings is 4. The first-order chi connectivity index (χ1) is 70.0. The number of benzene rings is 3. The third-order valence-corrected chi connectivity index (χ3v) is 23.3. The number of H-pyrrole nitrogens is 8. The average molecular weight is 1900 g/mol. The summed E-state index contributed by atoms with van der Waals surface area (Å²) in [5.41, 5.74) is 25.4. The van der Waals surface area contributed by atoms with E-state index in [0.29, 0.717) is 161 Å². The molecule has 0 bridgehead atoms. The van der Waals surface area contributed by atoms with Crippen molar-refractivity contribution in [1.29, 1.82) is 0 Å². The van der Waals surface area contributed by atoms with E-state index in [9.17, 15) is 32.3 Å². The van der Waals surface area contributed by atoms with Crippen molar-refractivity contribution in [3.63, 3.8) is 0 Å². The molecule has 24 rings (SSSR count). The van der Waals surface area contributed by atoms with Gasteiger partial charge in [0.05, 0.1) is 132 Å². The molecule has 143 heavy (non-hydrogen) atoms. The van der Waals surface area contributed by atoms with E-state index >= 15 is 0 Å². The van der Waals surface area contributed by atoms with Gasteiger partial charge in [0.15, 0.2) is 45.9 Å². The highest BCUT2D eigenvalue weighted by Gasteiger charge is 2.25. The SMILES string of the molecule is CCC(=O)Nc1cncc(-c2cnc3n[nH]c(-c4nc5c(-c6ccc(F)cc6)cncc5[nH]4)c3c2)c1.CCC(=O)Nc1cncc(-c2cnc3n[nH]c(-c4nc5c(-c6cccc(F)c6)cncc5[nH]4)c3c2)c1.CCC(=O)Nc1cncc(-c2cnc3n[nH]c(-c4nc5c(-c6ccccc6F)cncc5[nH]4)c3c2)c1.CCC(=O)Nc1cncc(-c2cnc3n[nH]c(-c4nc5c(-c6ccncc6)cncc5[nH]4)c3c2)c1. The number of amides is 4. The van der Waals surface area contributed by atoms with E-state index in [0.717, 1.165) is 111 Å². The molecular formula is C103H76F3N33O4. The molecule has 0 spiro atoms. The van der Waals surface area contributed by atoms with Gasteiger partial charge in [-0.05, 0) is 108 Å². The zero-order chi connectivity index (χ0) is 97.7. The zero-order valence-corrected chi connectivity index (χ0v) is 75.9. The van der Waals surface area contributed by atoms with Crippen LogP contribution in [0.2, 0.25) is 0 Å². The largest absolute Gasteiger partial charge is 0.335 e. The molecular weight excluding hydrogens is 1820 g/mol. The Labute approximate surface area is 805 Å².